The van der Waals surface area contributed by atoms with E-state index in [0.29, 0.717) is 32.5 Å². The van der Waals surface area contributed by atoms with Gasteiger partial charge in [0.25, 0.3) is 5.56 Å². The average molecular weight is 400 g/mol. The van der Waals surface area contributed by atoms with Gasteiger partial charge in [-0.1, -0.05) is 23.4 Å². The Morgan fingerprint density at radius 1 is 1.26 bits per heavy atom. The number of halogens is 1. The smallest absolute Gasteiger partial charge is 0.262 e. The van der Waals surface area contributed by atoms with Gasteiger partial charge in [-0.25, -0.2) is 4.98 Å². The average Bonchev–Trinajstić information content (AvgIpc) is 3.36. The summed E-state index contributed by atoms with van der Waals surface area (Å²) in [6.45, 7) is 0.233. The third-order valence-electron chi connectivity index (χ3n) is 4.01. The molecule has 0 saturated carbocycles. The molecular weight excluding hydrogens is 386 g/mol. The Balaban J connectivity index is 1.73. The van der Waals surface area contributed by atoms with Crippen molar-refractivity contribution in [1.29, 1.82) is 0 Å². The normalized spacial score (nSPS) is 11.1. The molecule has 3 heterocycles. The van der Waals surface area contributed by atoms with Crippen LogP contribution in [0.5, 0.6) is 0 Å². The zero-order valence-electron chi connectivity index (χ0n) is 14.0. The lowest BCUT2D eigenvalue weighted by Gasteiger charge is -2.12. The van der Waals surface area contributed by atoms with Gasteiger partial charge in [0.05, 0.1) is 35.2 Å². The van der Waals surface area contributed by atoms with E-state index in [4.69, 9.17) is 16.0 Å². The molecule has 0 aliphatic heterocycles. The van der Waals surface area contributed by atoms with Gasteiger partial charge in [0.2, 0.25) is 0 Å². The van der Waals surface area contributed by atoms with Gasteiger partial charge in [-0.3, -0.25) is 14.2 Å². The number of carbonyl (C=O) groups excluding carboxylic acids is 1. The first kappa shape index (κ1) is 17.6. The number of benzene rings is 1. The van der Waals surface area contributed by atoms with Crippen LogP contribution in [0.2, 0.25) is 5.02 Å². The maximum absolute atomic E-state index is 13.0. The first-order chi connectivity index (χ1) is 13.1. The SMILES string of the molecule is O=C(CSc1nc2cc(Cl)ccc2c(=O)n1Cc1ccco1)c1ccc[nH]1. The molecule has 0 saturated heterocycles. The second-order valence-corrected chi connectivity index (χ2v) is 7.20. The van der Waals surface area contributed by atoms with E-state index in [1.54, 1.807) is 54.9 Å². The number of H-pyrrole nitrogens is 1. The molecule has 0 bridgehead atoms. The number of aromatic amines is 1. The van der Waals surface area contributed by atoms with Gasteiger partial charge in [0, 0.05) is 11.2 Å². The Kier molecular flexibility index (Phi) is 4.87. The van der Waals surface area contributed by atoms with E-state index < -0.39 is 0 Å². The van der Waals surface area contributed by atoms with Gasteiger partial charge >= 0.3 is 0 Å². The quantitative estimate of drug-likeness (QED) is 0.301. The summed E-state index contributed by atoms with van der Waals surface area (Å²) >= 11 is 7.25. The molecule has 0 unspecified atom stereocenters. The van der Waals surface area contributed by atoms with Gasteiger partial charge in [0.15, 0.2) is 10.9 Å². The molecule has 0 aliphatic carbocycles. The van der Waals surface area contributed by atoms with Crippen molar-refractivity contribution in [3.8, 4) is 0 Å². The Morgan fingerprint density at radius 3 is 2.89 bits per heavy atom. The van der Waals surface area contributed by atoms with Gasteiger partial charge in [-0.15, -0.1) is 0 Å². The van der Waals surface area contributed by atoms with Crippen LogP contribution in [0.3, 0.4) is 0 Å². The molecule has 0 aliphatic rings. The zero-order valence-corrected chi connectivity index (χ0v) is 15.6. The largest absolute Gasteiger partial charge is 0.467 e. The second kappa shape index (κ2) is 7.46. The molecule has 3 aromatic heterocycles. The van der Waals surface area contributed by atoms with Crippen molar-refractivity contribution < 1.29 is 9.21 Å². The van der Waals surface area contributed by atoms with Crippen LogP contribution in [-0.2, 0) is 6.54 Å². The number of aromatic nitrogens is 3. The van der Waals surface area contributed by atoms with Gasteiger partial charge < -0.3 is 9.40 Å². The summed E-state index contributed by atoms with van der Waals surface area (Å²) in [5.41, 5.74) is 0.812. The molecule has 0 fully saturated rings. The molecule has 27 heavy (non-hydrogen) atoms. The lowest BCUT2D eigenvalue weighted by Crippen LogP contribution is -2.24. The monoisotopic (exact) mass is 399 g/mol. The number of hydrogen-bond donors (Lipinski definition) is 1. The van der Waals surface area contributed by atoms with Crippen molar-refractivity contribution in [2.45, 2.75) is 11.7 Å². The second-order valence-electron chi connectivity index (χ2n) is 5.82. The number of nitrogens with one attached hydrogen (secondary N) is 1. The van der Waals surface area contributed by atoms with E-state index >= 15 is 0 Å². The molecule has 6 nitrogen and oxygen atoms in total. The molecule has 4 rings (SSSR count). The Hall–Kier alpha value is -2.77. The molecule has 0 amide bonds. The standard InChI is InChI=1S/C19H14ClN3O3S/c20-12-5-6-14-16(9-12)22-19(27-11-17(24)15-4-1-7-21-15)23(18(14)25)10-13-3-2-8-26-13/h1-9,21H,10-11H2. The minimum Gasteiger partial charge on any atom is -0.467 e. The Labute approximate surface area is 163 Å². The highest BCUT2D eigenvalue weighted by Gasteiger charge is 2.16. The van der Waals surface area contributed by atoms with Crippen LogP contribution in [0.4, 0.5) is 0 Å². The Morgan fingerprint density at radius 2 is 2.15 bits per heavy atom. The lowest BCUT2D eigenvalue weighted by atomic mass is 10.2. The maximum Gasteiger partial charge on any atom is 0.262 e. The van der Waals surface area contributed by atoms with Crippen LogP contribution in [0.1, 0.15) is 16.2 Å². The van der Waals surface area contributed by atoms with Crippen LogP contribution >= 0.6 is 23.4 Å². The molecule has 1 N–H and O–H groups in total. The fraction of sp³-hybridized carbons (Fsp3) is 0.105. The number of nitrogens with zero attached hydrogens (tertiary/aromatic N) is 2. The first-order valence-electron chi connectivity index (χ1n) is 8.14. The molecule has 0 spiro atoms. The highest BCUT2D eigenvalue weighted by atomic mass is 35.5. The van der Waals surface area contributed by atoms with E-state index in [2.05, 4.69) is 9.97 Å². The topological polar surface area (TPSA) is 80.9 Å². The number of fused-ring (bicyclic) bond motifs is 1. The van der Waals surface area contributed by atoms with Crippen molar-refractivity contribution in [1.82, 2.24) is 14.5 Å². The molecule has 0 atom stereocenters. The number of furan rings is 1. The van der Waals surface area contributed by atoms with Crippen molar-refractivity contribution in [2.75, 3.05) is 5.75 Å². The highest BCUT2D eigenvalue weighted by Crippen LogP contribution is 2.22. The third-order valence-corrected chi connectivity index (χ3v) is 5.22. The zero-order chi connectivity index (χ0) is 18.8. The predicted octanol–water partition coefficient (Wildman–Crippen LogP) is 3.99. The number of ketones is 1. The van der Waals surface area contributed by atoms with Crippen molar-refractivity contribution >= 4 is 40.0 Å². The summed E-state index contributed by atoms with van der Waals surface area (Å²) in [4.78, 5) is 32.8. The number of carbonyl (C=O) groups is 1. The van der Waals surface area contributed by atoms with Gasteiger partial charge in [0.1, 0.15) is 5.76 Å². The third kappa shape index (κ3) is 3.70. The van der Waals surface area contributed by atoms with Crippen LogP contribution in [0, 0.1) is 0 Å². The first-order valence-corrected chi connectivity index (χ1v) is 9.50. The summed E-state index contributed by atoms with van der Waals surface area (Å²) in [5.74, 6) is 0.705. The van der Waals surface area contributed by atoms with Crippen LogP contribution in [0.15, 0.2) is 69.3 Å². The minimum atomic E-state index is -0.206. The van der Waals surface area contributed by atoms with Gasteiger partial charge in [-0.05, 0) is 42.5 Å². The summed E-state index contributed by atoms with van der Waals surface area (Å²) in [6, 6.07) is 12.0. The fourth-order valence-corrected chi connectivity index (χ4v) is 3.74. The molecule has 8 heteroatoms. The number of thioether (sulfide) groups is 1. The van der Waals surface area contributed by atoms with Crippen LogP contribution < -0.4 is 5.56 Å². The van der Waals surface area contributed by atoms with E-state index in [0.717, 1.165) is 0 Å². The number of Topliss-reactive ketones (excluding diaryl/α,β-unsaturated/α-hetero) is 1. The maximum atomic E-state index is 13.0. The van der Waals surface area contributed by atoms with Crippen molar-refractivity contribution in [2.24, 2.45) is 0 Å². The van der Waals surface area contributed by atoms with E-state index in [1.165, 1.54) is 16.3 Å². The van der Waals surface area contributed by atoms with E-state index in [9.17, 15) is 9.59 Å². The lowest BCUT2D eigenvalue weighted by molar-refractivity contribution is 0.101. The van der Waals surface area contributed by atoms with Crippen molar-refractivity contribution in [3.05, 3.63) is 81.8 Å². The van der Waals surface area contributed by atoms with Crippen LogP contribution in [-0.4, -0.2) is 26.1 Å². The summed E-state index contributed by atoms with van der Waals surface area (Å²) in [5, 5.41) is 1.40. The molecule has 4 aromatic rings. The fourth-order valence-electron chi connectivity index (χ4n) is 2.69. The molecule has 1 aromatic carbocycles. The number of rotatable bonds is 6. The van der Waals surface area contributed by atoms with Gasteiger partial charge in [-0.2, -0.15) is 0 Å². The molecular formula is C19H14ClN3O3S. The number of hydrogen-bond acceptors (Lipinski definition) is 5. The molecule has 0 radical (unpaired) electrons. The summed E-state index contributed by atoms with van der Waals surface area (Å²) in [7, 11) is 0. The van der Waals surface area contributed by atoms with E-state index in [1.807, 2.05) is 0 Å². The van der Waals surface area contributed by atoms with Crippen LogP contribution in [0.25, 0.3) is 10.9 Å². The predicted molar refractivity (Wildman–Crippen MR) is 105 cm³/mol. The highest BCUT2D eigenvalue weighted by molar-refractivity contribution is 7.99. The summed E-state index contributed by atoms with van der Waals surface area (Å²) in [6.07, 6.45) is 3.25. The minimum absolute atomic E-state index is 0.0741. The molecule has 136 valence electrons. The van der Waals surface area contributed by atoms with Crippen molar-refractivity contribution in [3.63, 3.8) is 0 Å². The summed E-state index contributed by atoms with van der Waals surface area (Å²) < 4.78 is 6.89. The Bertz CT molecular complexity index is 1150. The van der Waals surface area contributed by atoms with E-state index in [-0.39, 0.29) is 23.6 Å².